The highest BCUT2D eigenvalue weighted by Crippen LogP contribution is 2.21. The van der Waals surface area contributed by atoms with Crippen LogP contribution in [0.15, 0.2) is 18.2 Å². The van der Waals surface area contributed by atoms with Gasteiger partial charge >= 0.3 is 0 Å². The van der Waals surface area contributed by atoms with Crippen LogP contribution in [-0.2, 0) is 11.3 Å². The van der Waals surface area contributed by atoms with Crippen molar-refractivity contribution in [3.8, 4) is 11.4 Å². The van der Waals surface area contributed by atoms with Gasteiger partial charge in [0.05, 0.1) is 18.7 Å². The van der Waals surface area contributed by atoms with Gasteiger partial charge in [0.1, 0.15) is 11.6 Å². The zero-order valence-corrected chi connectivity index (χ0v) is 10.4. The van der Waals surface area contributed by atoms with Gasteiger partial charge in [-0.25, -0.2) is 8.78 Å². The summed E-state index contributed by atoms with van der Waals surface area (Å²) in [5.41, 5.74) is 0.194. The van der Waals surface area contributed by atoms with Gasteiger partial charge in [0, 0.05) is 13.2 Å². The Balaban J connectivity index is 2.47. The first kappa shape index (κ1) is 12.8. The molecule has 1 aromatic carbocycles. The molecule has 0 spiro atoms. The monoisotopic (exact) mass is 271 g/mol. The predicted octanol–water partition coefficient (Wildman–Crippen LogP) is 2.53. The number of nitrogens with one attached hydrogen (secondary N) is 1. The molecule has 0 aliphatic carbocycles. The molecule has 1 N–H and O–H groups in total. The van der Waals surface area contributed by atoms with Gasteiger partial charge in [-0.3, -0.25) is 9.67 Å². The summed E-state index contributed by atoms with van der Waals surface area (Å²) in [6, 6.07) is 3.32. The topological polar surface area (TPSA) is 42.8 Å². The lowest BCUT2D eigenvalue weighted by Crippen LogP contribution is -2.07. The average Bonchev–Trinajstić information content (AvgIpc) is 2.68. The summed E-state index contributed by atoms with van der Waals surface area (Å²) in [4.78, 5) is 0. The fourth-order valence-corrected chi connectivity index (χ4v) is 1.81. The second-order valence-corrected chi connectivity index (χ2v) is 4.01. The van der Waals surface area contributed by atoms with E-state index in [1.807, 2.05) is 0 Å². The molecule has 0 atom stereocenters. The first-order chi connectivity index (χ1) is 8.63. The number of aromatic amines is 1. The van der Waals surface area contributed by atoms with Gasteiger partial charge in [-0.1, -0.05) is 0 Å². The Morgan fingerprint density at radius 1 is 1.44 bits per heavy atom. The van der Waals surface area contributed by atoms with Crippen LogP contribution in [0, 0.1) is 16.4 Å². The van der Waals surface area contributed by atoms with Crippen LogP contribution in [0.25, 0.3) is 11.4 Å². The molecule has 0 bridgehead atoms. The summed E-state index contributed by atoms with van der Waals surface area (Å²) in [7, 11) is 1.56. The molecule has 4 nitrogen and oxygen atoms in total. The Labute approximate surface area is 107 Å². The molecule has 0 aliphatic heterocycles. The summed E-state index contributed by atoms with van der Waals surface area (Å²) in [6.07, 6.45) is 0. The van der Waals surface area contributed by atoms with Crippen LogP contribution < -0.4 is 0 Å². The number of halogens is 2. The SMILES string of the molecule is COCCn1c(-c2ccc(F)cc2F)n[nH]c1=S. The third-order valence-corrected chi connectivity index (χ3v) is 2.76. The number of ether oxygens (including phenoxy) is 1. The largest absolute Gasteiger partial charge is 0.383 e. The summed E-state index contributed by atoms with van der Waals surface area (Å²) >= 11 is 5.05. The second-order valence-electron chi connectivity index (χ2n) is 3.62. The van der Waals surface area contributed by atoms with Gasteiger partial charge in [0.15, 0.2) is 10.6 Å². The van der Waals surface area contributed by atoms with Gasteiger partial charge in [-0.05, 0) is 24.4 Å². The van der Waals surface area contributed by atoms with Crippen LogP contribution in [0.4, 0.5) is 8.78 Å². The van der Waals surface area contributed by atoms with Crippen LogP contribution in [0.1, 0.15) is 0 Å². The first-order valence-corrected chi connectivity index (χ1v) is 5.64. The maximum Gasteiger partial charge on any atom is 0.195 e. The first-order valence-electron chi connectivity index (χ1n) is 5.23. The molecular weight excluding hydrogens is 260 g/mol. The number of methoxy groups -OCH3 is 1. The molecule has 0 aliphatic rings. The van der Waals surface area contributed by atoms with Gasteiger partial charge in [-0.15, -0.1) is 0 Å². The normalized spacial score (nSPS) is 10.8. The molecule has 7 heteroatoms. The van der Waals surface area contributed by atoms with E-state index in [2.05, 4.69) is 10.2 Å². The maximum atomic E-state index is 13.7. The van der Waals surface area contributed by atoms with Crippen molar-refractivity contribution >= 4 is 12.2 Å². The number of hydrogen-bond acceptors (Lipinski definition) is 3. The van der Waals surface area contributed by atoms with Crippen LogP contribution in [0.2, 0.25) is 0 Å². The van der Waals surface area contributed by atoms with Crippen LogP contribution in [0.5, 0.6) is 0 Å². The molecule has 0 radical (unpaired) electrons. The Kier molecular flexibility index (Phi) is 3.83. The summed E-state index contributed by atoms with van der Waals surface area (Å²) in [5.74, 6) is -0.981. The number of nitrogens with zero attached hydrogens (tertiary/aromatic N) is 2. The van der Waals surface area contributed by atoms with Crippen molar-refractivity contribution in [1.29, 1.82) is 0 Å². The van der Waals surface area contributed by atoms with Gasteiger partial charge in [-0.2, -0.15) is 5.10 Å². The minimum Gasteiger partial charge on any atom is -0.383 e. The molecule has 0 fully saturated rings. The number of H-pyrrole nitrogens is 1. The van der Waals surface area contributed by atoms with E-state index < -0.39 is 11.6 Å². The predicted molar refractivity (Wildman–Crippen MR) is 64.6 cm³/mol. The standard InChI is InChI=1S/C11H11F2N3OS/c1-17-5-4-16-10(14-15-11(16)18)8-3-2-7(12)6-9(8)13/h2-3,6H,4-5H2,1H3,(H,15,18). The molecule has 0 amide bonds. The van der Waals surface area contributed by atoms with Crippen LogP contribution >= 0.6 is 12.2 Å². The second kappa shape index (κ2) is 5.36. The van der Waals surface area contributed by atoms with Crippen LogP contribution in [0.3, 0.4) is 0 Å². The molecular formula is C11H11F2N3OS. The lowest BCUT2D eigenvalue weighted by atomic mass is 10.2. The van der Waals surface area contributed by atoms with E-state index in [9.17, 15) is 8.78 Å². The average molecular weight is 271 g/mol. The zero-order chi connectivity index (χ0) is 13.1. The van der Waals surface area contributed by atoms with E-state index in [1.54, 1.807) is 11.7 Å². The van der Waals surface area contributed by atoms with Crippen molar-refractivity contribution in [1.82, 2.24) is 14.8 Å². The van der Waals surface area contributed by atoms with Crippen molar-refractivity contribution in [2.45, 2.75) is 6.54 Å². The maximum absolute atomic E-state index is 13.7. The van der Waals surface area contributed by atoms with Crippen LogP contribution in [-0.4, -0.2) is 28.5 Å². The Hall–Kier alpha value is -1.60. The quantitative estimate of drug-likeness (QED) is 0.869. The summed E-state index contributed by atoms with van der Waals surface area (Å²) < 4.78 is 33.5. The molecule has 0 saturated carbocycles. The lowest BCUT2D eigenvalue weighted by Gasteiger charge is -2.06. The fourth-order valence-electron chi connectivity index (χ4n) is 1.58. The molecule has 1 heterocycles. The van der Waals surface area contributed by atoms with E-state index in [1.165, 1.54) is 12.1 Å². The fraction of sp³-hybridized carbons (Fsp3) is 0.273. The third kappa shape index (κ3) is 2.46. The zero-order valence-electron chi connectivity index (χ0n) is 9.61. The van der Waals surface area contributed by atoms with Crippen molar-refractivity contribution in [3.63, 3.8) is 0 Å². The molecule has 2 aromatic rings. The smallest absolute Gasteiger partial charge is 0.195 e. The van der Waals surface area contributed by atoms with Gasteiger partial charge in [0.2, 0.25) is 0 Å². The molecule has 2 rings (SSSR count). The van der Waals surface area contributed by atoms with E-state index in [-0.39, 0.29) is 5.56 Å². The Morgan fingerprint density at radius 3 is 2.89 bits per heavy atom. The van der Waals surface area contributed by atoms with Gasteiger partial charge in [0.25, 0.3) is 0 Å². The number of hydrogen-bond donors (Lipinski definition) is 1. The third-order valence-electron chi connectivity index (χ3n) is 2.45. The van der Waals surface area contributed by atoms with E-state index in [0.717, 1.165) is 6.07 Å². The molecule has 0 unspecified atom stereocenters. The minimum atomic E-state index is -0.678. The highest BCUT2D eigenvalue weighted by atomic mass is 32.1. The van der Waals surface area contributed by atoms with Crippen molar-refractivity contribution in [3.05, 3.63) is 34.6 Å². The van der Waals surface area contributed by atoms with Crippen molar-refractivity contribution in [2.24, 2.45) is 0 Å². The number of rotatable bonds is 4. The minimum absolute atomic E-state index is 0.194. The number of benzene rings is 1. The van der Waals surface area contributed by atoms with E-state index in [0.29, 0.717) is 23.7 Å². The molecule has 0 saturated heterocycles. The highest BCUT2D eigenvalue weighted by molar-refractivity contribution is 7.71. The van der Waals surface area contributed by atoms with Crippen molar-refractivity contribution < 1.29 is 13.5 Å². The number of aromatic nitrogens is 3. The van der Waals surface area contributed by atoms with Crippen molar-refractivity contribution in [2.75, 3.05) is 13.7 Å². The molecule has 18 heavy (non-hydrogen) atoms. The Morgan fingerprint density at radius 2 is 2.22 bits per heavy atom. The van der Waals surface area contributed by atoms with Gasteiger partial charge < -0.3 is 4.74 Å². The Bertz CT molecular complexity index is 609. The van der Waals surface area contributed by atoms with E-state index >= 15 is 0 Å². The molecule has 1 aromatic heterocycles. The summed E-state index contributed by atoms with van der Waals surface area (Å²) in [5, 5.41) is 6.54. The summed E-state index contributed by atoms with van der Waals surface area (Å²) in [6.45, 7) is 0.863. The molecule has 96 valence electrons. The lowest BCUT2D eigenvalue weighted by molar-refractivity contribution is 0.187. The highest BCUT2D eigenvalue weighted by Gasteiger charge is 2.13. The van der Waals surface area contributed by atoms with E-state index in [4.69, 9.17) is 17.0 Å².